The van der Waals surface area contributed by atoms with Gasteiger partial charge in [-0.05, 0) is 0 Å². The van der Waals surface area contributed by atoms with E-state index in [9.17, 15) is 9.59 Å². The molecule has 0 saturated carbocycles. The fourth-order valence-electron chi connectivity index (χ4n) is 2.11. The van der Waals surface area contributed by atoms with Crippen LogP contribution in [0.2, 0.25) is 0 Å². The van der Waals surface area contributed by atoms with E-state index in [1.807, 2.05) is 0 Å². The van der Waals surface area contributed by atoms with Crippen molar-refractivity contribution >= 4 is 18.5 Å². The van der Waals surface area contributed by atoms with E-state index in [4.69, 9.17) is 14.0 Å². The van der Waals surface area contributed by atoms with Crippen LogP contribution in [-0.2, 0) is 23.6 Å². The molecule has 0 aromatic carbocycles. The van der Waals surface area contributed by atoms with E-state index >= 15 is 0 Å². The molecule has 3 aliphatic rings. The van der Waals surface area contributed by atoms with Gasteiger partial charge in [-0.25, -0.2) is 0 Å². The zero-order valence-electron chi connectivity index (χ0n) is 6.82. The highest BCUT2D eigenvalue weighted by Gasteiger charge is 2.72. The molecule has 0 aromatic rings. The Labute approximate surface area is 74.3 Å². The number of carbonyl (C=O) groups is 2. The van der Waals surface area contributed by atoms with Crippen molar-refractivity contribution in [1.82, 2.24) is 0 Å². The van der Waals surface area contributed by atoms with Crippen LogP contribution in [-0.4, -0.2) is 31.1 Å². The van der Waals surface area contributed by atoms with Crippen LogP contribution in [0.4, 0.5) is 0 Å². The van der Waals surface area contributed by atoms with Crippen LogP contribution in [0, 0.1) is 5.82 Å². The van der Waals surface area contributed by atoms with Gasteiger partial charge < -0.3 is 14.0 Å². The van der Waals surface area contributed by atoms with Crippen molar-refractivity contribution in [3.8, 4) is 0 Å². The SMILES string of the molecule is O=C1C[C+]2CC(=O)O[B-]2(C2CO2)O1. The molecule has 3 rings (SSSR count). The van der Waals surface area contributed by atoms with Gasteiger partial charge in [-0.1, -0.05) is 0 Å². The molecule has 3 saturated heterocycles. The average Bonchev–Trinajstić information content (AvgIpc) is 2.74. The maximum Gasteiger partial charge on any atom is 0.588 e. The predicted octanol–water partition coefficient (Wildman–Crippen LogP) is -0.626. The fraction of sp³-hybridized carbons (Fsp3) is 0.571. The average molecular weight is 182 g/mol. The summed E-state index contributed by atoms with van der Waals surface area (Å²) in [5.41, 5.74) is 0. The molecule has 3 heterocycles. The van der Waals surface area contributed by atoms with Crippen LogP contribution < -0.4 is 0 Å². The zero-order valence-corrected chi connectivity index (χ0v) is 6.82. The number of ether oxygens (including phenoxy) is 1. The van der Waals surface area contributed by atoms with E-state index < -0.39 is 6.55 Å². The lowest BCUT2D eigenvalue weighted by Crippen LogP contribution is -2.46. The second-order valence-electron chi connectivity index (χ2n) is 3.63. The number of hydrogen-bond donors (Lipinski definition) is 0. The van der Waals surface area contributed by atoms with Crippen LogP contribution >= 0.6 is 0 Å². The molecule has 68 valence electrons. The minimum Gasteiger partial charge on any atom is -0.612 e. The fourth-order valence-corrected chi connectivity index (χ4v) is 2.11. The Morgan fingerprint density at radius 2 is 1.77 bits per heavy atom. The molecule has 5 nitrogen and oxygen atoms in total. The Bertz CT molecular complexity index is 277. The number of fused-ring (bicyclic) bond motifs is 1. The van der Waals surface area contributed by atoms with Gasteiger partial charge in [0, 0.05) is 12.4 Å². The molecule has 1 unspecified atom stereocenters. The van der Waals surface area contributed by atoms with Gasteiger partial charge in [-0.15, -0.1) is 0 Å². The van der Waals surface area contributed by atoms with Crippen molar-refractivity contribution in [1.29, 1.82) is 0 Å². The third-order valence-electron chi connectivity index (χ3n) is 2.77. The highest BCUT2D eigenvalue weighted by molar-refractivity contribution is 6.81. The van der Waals surface area contributed by atoms with E-state index in [0.29, 0.717) is 6.61 Å². The number of rotatable bonds is 1. The summed E-state index contributed by atoms with van der Waals surface area (Å²) in [6.07, 6.45) is 0.428. The second-order valence-corrected chi connectivity index (χ2v) is 3.63. The Morgan fingerprint density at radius 1 is 1.23 bits per heavy atom. The van der Waals surface area contributed by atoms with Gasteiger partial charge >= 0.3 is 18.5 Å². The van der Waals surface area contributed by atoms with Gasteiger partial charge in [0.1, 0.15) is 12.8 Å². The van der Waals surface area contributed by atoms with Crippen molar-refractivity contribution < 1.29 is 23.6 Å². The largest absolute Gasteiger partial charge is 0.612 e. The summed E-state index contributed by atoms with van der Waals surface area (Å²) in [6, 6.07) is -0.201. The van der Waals surface area contributed by atoms with E-state index in [0.717, 1.165) is 5.82 Å². The summed E-state index contributed by atoms with van der Waals surface area (Å²) in [7, 11) is 0. The van der Waals surface area contributed by atoms with Crippen LogP contribution in [0.1, 0.15) is 12.8 Å². The van der Waals surface area contributed by atoms with Crippen LogP contribution in [0.25, 0.3) is 0 Å². The molecule has 3 fully saturated rings. The second kappa shape index (κ2) is 2.01. The topological polar surface area (TPSA) is 65.1 Å². The standard InChI is InChI=1S/C7H7BO5/c9-6-1-4-2-7(10)13-8(4,12-6)5-3-11-5/h5H,1-3H2. The maximum atomic E-state index is 11.0. The van der Waals surface area contributed by atoms with Crippen molar-refractivity contribution in [2.24, 2.45) is 0 Å². The Hall–Kier alpha value is -1.17. The van der Waals surface area contributed by atoms with Crippen molar-refractivity contribution in [3.05, 3.63) is 5.82 Å². The smallest absolute Gasteiger partial charge is 0.588 e. The summed E-state index contributed by atoms with van der Waals surface area (Å²) in [4.78, 5) is 22.1. The quantitative estimate of drug-likeness (QED) is 0.307. The summed E-state index contributed by atoms with van der Waals surface area (Å²) in [6.45, 7) is -1.32. The monoisotopic (exact) mass is 182 g/mol. The molecule has 1 atom stereocenters. The Kier molecular flexibility index (Phi) is 1.12. The molecule has 0 bridgehead atoms. The maximum absolute atomic E-state index is 11.0. The molecule has 0 amide bonds. The summed E-state index contributed by atoms with van der Waals surface area (Å²) in [5.74, 6) is 0.161. The predicted molar refractivity (Wildman–Crippen MR) is 40.2 cm³/mol. The van der Waals surface area contributed by atoms with E-state index in [-0.39, 0.29) is 30.8 Å². The van der Waals surface area contributed by atoms with Gasteiger partial charge in [-0.2, -0.15) is 0 Å². The molecule has 0 spiro atoms. The normalized spacial score (nSPS) is 34.2. The van der Waals surface area contributed by atoms with E-state index in [1.54, 1.807) is 0 Å². The first-order valence-electron chi connectivity index (χ1n) is 4.26. The summed E-state index contributed by atoms with van der Waals surface area (Å²) in [5, 5.41) is 0. The van der Waals surface area contributed by atoms with Crippen molar-refractivity contribution in [2.45, 2.75) is 18.8 Å². The van der Waals surface area contributed by atoms with Crippen LogP contribution in [0.5, 0.6) is 0 Å². The van der Waals surface area contributed by atoms with Crippen molar-refractivity contribution in [3.63, 3.8) is 0 Å². The highest BCUT2D eigenvalue weighted by Crippen LogP contribution is 2.46. The van der Waals surface area contributed by atoms with Gasteiger partial charge in [0.2, 0.25) is 0 Å². The molecule has 3 aliphatic heterocycles. The van der Waals surface area contributed by atoms with Crippen LogP contribution in [0.15, 0.2) is 0 Å². The number of epoxide rings is 1. The summed E-state index contributed by atoms with van der Waals surface area (Å²) >= 11 is 0. The Morgan fingerprint density at radius 3 is 2.23 bits per heavy atom. The molecule has 0 aromatic heterocycles. The molecule has 13 heavy (non-hydrogen) atoms. The molecular formula is C7H7BO5. The van der Waals surface area contributed by atoms with Crippen molar-refractivity contribution in [2.75, 3.05) is 6.61 Å². The highest BCUT2D eigenvalue weighted by atomic mass is 16.7. The molecule has 0 aliphatic carbocycles. The lowest BCUT2D eigenvalue weighted by atomic mass is 9.46. The van der Waals surface area contributed by atoms with Gasteiger partial charge in [0.15, 0.2) is 0 Å². The number of hydrogen-bond acceptors (Lipinski definition) is 5. The zero-order chi connectivity index (χ0) is 9.05. The minimum absolute atomic E-state index is 0.201. The summed E-state index contributed by atoms with van der Waals surface area (Å²) < 4.78 is 15.2. The first-order chi connectivity index (χ1) is 6.21. The van der Waals surface area contributed by atoms with Gasteiger partial charge in [0.25, 0.3) is 0 Å². The first-order valence-corrected chi connectivity index (χ1v) is 4.26. The third-order valence-corrected chi connectivity index (χ3v) is 2.77. The van der Waals surface area contributed by atoms with Gasteiger partial charge in [0.05, 0.1) is 6.00 Å². The lowest BCUT2D eigenvalue weighted by molar-refractivity contribution is -0.138. The minimum atomic E-state index is -1.84. The number of carbonyl (C=O) groups excluding carboxylic acids is 2. The molecule has 6 heteroatoms. The van der Waals surface area contributed by atoms with Crippen LogP contribution in [0.3, 0.4) is 0 Å². The lowest BCUT2D eigenvalue weighted by Gasteiger charge is -2.21. The molecule has 0 radical (unpaired) electrons. The van der Waals surface area contributed by atoms with E-state index in [2.05, 4.69) is 0 Å². The Balaban J connectivity index is 1.96. The third kappa shape index (κ3) is 0.834. The molecular weight excluding hydrogens is 175 g/mol. The first kappa shape index (κ1) is 7.26. The molecule has 0 N–H and O–H groups in total. The van der Waals surface area contributed by atoms with E-state index in [1.165, 1.54) is 0 Å². The van der Waals surface area contributed by atoms with Gasteiger partial charge in [-0.3, -0.25) is 9.59 Å².